The molecule has 27 heavy (non-hydrogen) atoms. The van der Waals surface area contributed by atoms with Gasteiger partial charge in [-0.15, -0.1) is 0 Å². The topological polar surface area (TPSA) is 96.3 Å². The van der Waals surface area contributed by atoms with Gasteiger partial charge in [-0.2, -0.15) is 0 Å². The molecule has 2 aliphatic rings. The smallest absolute Gasteiger partial charge is 0.261 e. The predicted octanol–water partition coefficient (Wildman–Crippen LogP) is 2.42. The van der Waals surface area contributed by atoms with E-state index in [2.05, 4.69) is 4.98 Å². The first-order valence-electron chi connectivity index (χ1n) is 8.95. The summed E-state index contributed by atoms with van der Waals surface area (Å²) in [6.07, 6.45) is 2.03. The van der Waals surface area contributed by atoms with Gasteiger partial charge in [-0.25, -0.2) is 0 Å². The van der Waals surface area contributed by atoms with E-state index in [0.29, 0.717) is 29.5 Å². The van der Waals surface area contributed by atoms with E-state index in [0.717, 1.165) is 28.6 Å². The number of fused-ring (bicyclic) bond motifs is 4. The Morgan fingerprint density at radius 3 is 2.44 bits per heavy atom. The Bertz CT molecular complexity index is 1110. The molecule has 134 valence electrons. The summed E-state index contributed by atoms with van der Waals surface area (Å²) in [4.78, 5) is 41.9. The number of aromatic amines is 1. The third kappa shape index (κ3) is 2.23. The fourth-order valence-corrected chi connectivity index (χ4v) is 4.31. The molecule has 0 radical (unpaired) electrons. The van der Waals surface area contributed by atoms with E-state index in [1.54, 1.807) is 36.4 Å². The average molecular weight is 359 g/mol. The highest BCUT2D eigenvalue weighted by molar-refractivity contribution is 6.21. The lowest BCUT2D eigenvalue weighted by Gasteiger charge is -2.29. The maximum Gasteiger partial charge on any atom is 0.261 e. The highest BCUT2D eigenvalue weighted by Gasteiger charge is 2.41. The summed E-state index contributed by atoms with van der Waals surface area (Å²) in [7, 11) is 0. The van der Waals surface area contributed by atoms with Gasteiger partial charge in [0.1, 0.15) is 0 Å². The van der Waals surface area contributed by atoms with E-state index in [1.807, 2.05) is 6.07 Å². The second-order valence-corrected chi connectivity index (χ2v) is 7.13. The molecule has 1 aliphatic heterocycles. The van der Waals surface area contributed by atoms with Crippen LogP contribution in [0.3, 0.4) is 0 Å². The van der Waals surface area contributed by atoms with Crippen molar-refractivity contribution >= 4 is 28.6 Å². The van der Waals surface area contributed by atoms with Crippen LogP contribution in [0.1, 0.15) is 48.8 Å². The van der Waals surface area contributed by atoms with Crippen LogP contribution in [0.2, 0.25) is 0 Å². The van der Waals surface area contributed by atoms with Gasteiger partial charge in [-0.05, 0) is 55.2 Å². The number of hydrogen-bond acceptors (Lipinski definition) is 3. The van der Waals surface area contributed by atoms with E-state index in [1.165, 1.54) is 4.90 Å². The van der Waals surface area contributed by atoms with Crippen molar-refractivity contribution in [1.29, 1.82) is 0 Å². The Balaban J connectivity index is 1.54. The van der Waals surface area contributed by atoms with Crippen molar-refractivity contribution in [3.05, 3.63) is 70.4 Å². The number of nitrogens with one attached hydrogen (secondary N) is 1. The molecular weight excluding hydrogens is 342 g/mol. The first kappa shape index (κ1) is 15.8. The molecule has 0 fully saturated rings. The van der Waals surface area contributed by atoms with Gasteiger partial charge in [0, 0.05) is 28.2 Å². The van der Waals surface area contributed by atoms with Crippen molar-refractivity contribution in [1.82, 2.24) is 9.88 Å². The van der Waals surface area contributed by atoms with Crippen LogP contribution in [0.5, 0.6) is 0 Å². The number of rotatable bonds is 2. The van der Waals surface area contributed by atoms with Crippen LogP contribution < -0.4 is 5.73 Å². The van der Waals surface area contributed by atoms with Gasteiger partial charge in [0.2, 0.25) is 5.91 Å². The number of nitrogens with zero attached hydrogens (tertiary/aromatic N) is 1. The summed E-state index contributed by atoms with van der Waals surface area (Å²) in [6, 6.07) is 12.1. The van der Waals surface area contributed by atoms with Gasteiger partial charge < -0.3 is 10.7 Å². The molecule has 6 nitrogen and oxygen atoms in total. The highest BCUT2D eigenvalue weighted by Crippen LogP contribution is 2.34. The molecule has 0 spiro atoms. The van der Waals surface area contributed by atoms with Gasteiger partial charge in [-0.1, -0.05) is 12.1 Å². The Labute approximate surface area is 155 Å². The van der Waals surface area contributed by atoms with Crippen molar-refractivity contribution < 1.29 is 14.4 Å². The van der Waals surface area contributed by atoms with Gasteiger partial charge in [0.05, 0.1) is 11.1 Å². The quantitative estimate of drug-likeness (QED) is 0.688. The minimum absolute atomic E-state index is 0.193. The fraction of sp³-hybridized carbons (Fsp3) is 0.190. The van der Waals surface area contributed by atoms with Crippen LogP contribution in [-0.2, 0) is 12.8 Å². The summed E-state index contributed by atoms with van der Waals surface area (Å²) >= 11 is 0. The van der Waals surface area contributed by atoms with E-state index >= 15 is 0 Å². The lowest BCUT2D eigenvalue weighted by Crippen LogP contribution is -2.43. The summed E-state index contributed by atoms with van der Waals surface area (Å²) in [5.41, 5.74) is 9.91. The van der Waals surface area contributed by atoms with Gasteiger partial charge in [0.15, 0.2) is 0 Å². The van der Waals surface area contributed by atoms with Crippen LogP contribution in [0.25, 0.3) is 10.9 Å². The van der Waals surface area contributed by atoms with Crippen LogP contribution in [0.4, 0.5) is 0 Å². The van der Waals surface area contributed by atoms with E-state index in [4.69, 9.17) is 5.73 Å². The van der Waals surface area contributed by atoms with Gasteiger partial charge >= 0.3 is 0 Å². The first-order chi connectivity index (χ1) is 13.0. The molecule has 1 aromatic heterocycles. The summed E-state index contributed by atoms with van der Waals surface area (Å²) in [5.74, 6) is -0.914. The van der Waals surface area contributed by atoms with E-state index in [9.17, 15) is 14.4 Å². The fourth-order valence-electron chi connectivity index (χ4n) is 4.31. The number of aryl methyl sites for hydroxylation is 1. The number of imide groups is 1. The molecule has 3 aromatic rings. The monoisotopic (exact) mass is 359 g/mol. The Kier molecular flexibility index (Phi) is 3.25. The number of benzene rings is 2. The molecule has 1 atom stereocenters. The highest BCUT2D eigenvalue weighted by atomic mass is 16.2. The van der Waals surface area contributed by atoms with Crippen molar-refractivity contribution in [3.8, 4) is 0 Å². The van der Waals surface area contributed by atoms with Crippen molar-refractivity contribution in [2.24, 2.45) is 5.73 Å². The molecule has 5 rings (SSSR count). The largest absolute Gasteiger partial charge is 0.366 e. The molecule has 0 saturated carbocycles. The number of H-pyrrole nitrogens is 1. The average Bonchev–Trinajstić information content (AvgIpc) is 3.16. The Hall–Kier alpha value is -3.41. The zero-order valence-corrected chi connectivity index (χ0v) is 14.5. The normalized spacial score (nSPS) is 18.7. The number of aromatic nitrogens is 1. The molecule has 6 heteroatoms. The zero-order chi connectivity index (χ0) is 18.7. The van der Waals surface area contributed by atoms with Crippen molar-refractivity contribution in [2.75, 3.05) is 0 Å². The number of carbonyl (C=O) groups excluding carboxylic acids is 3. The number of primary amides is 1. The second-order valence-electron chi connectivity index (χ2n) is 7.13. The SMILES string of the molecule is NC(=O)c1ccc2[nH]c3c(c2c1)CC(N1C(=O)c2ccccc2C1=O)CC3. The number of amides is 3. The van der Waals surface area contributed by atoms with Gasteiger partial charge in [-0.3, -0.25) is 19.3 Å². The molecule has 3 N–H and O–H groups in total. The van der Waals surface area contributed by atoms with E-state index < -0.39 is 5.91 Å². The minimum atomic E-state index is -0.473. The molecule has 0 bridgehead atoms. The molecule has 1 unspecified atom stereocenters. The molecule has 0 saturated heterocycles. The molecule has 3 amide bonds. The third-order valence-electron chi connectivity index (χ3n) is 5.64. The summed E-state index contributed by atoms with van der Waals surface area (Å²) in [5, 5.41) is 0.933. The maximum atomic E-state index is 12.8. The molecular formula is C21H17N3O3. The number of hydrogen-bond donors (Lipinski definition) is 2. The molecule has 2 heterocycles. The van der Waals surface area contributed by atoms with E-state index in [-0.39, 0.29) is 17.9 Å². The number of nitrogens with two attached hydrogens (primary N) is 1. The van der Waals surface area contributed by atoms with Crippen LogP contribution >= 0.6 is 0 Å². The Morgan fingerprint density at radius 2 is 1.78 bits per heavy atom. The lowest BCUT2D eigenvalue weighted by molar-refractivity contribution is 0.0571. The van der Waals surface area contributed by atoms with Crippen LogP contribution in [-0.4, -0.2) is 33.6 Å². The number of carbonyl (C=O) groups is 3. The second kappa shape index (κ2) is 5.54. The van der Waals surface area contributed by atoms with Crippen molar-refractivity contribution in [2.45, 2.75) is 25.3 Å². The summed E-state index contributed by atoms with van der Waals surface area (Å²) < 4.78 is 0. The molecule has 2 aromatic carbocycles. The molecule has 1 aliphatic carbocycles. The first-order valence-corrected chi connectivity index (χ1v) is 8.95. The minimum Gasteiger partial charge on any atom is -0.366 e. The van der Waals surface area contributed by atoms with Gasteiger partial charge in [0.25, 0.3) is 11.8 Å². The van der Waals surface area contributed by atoms with Crippen LogP contribution in [0, 0.1) is 0 Å². The Morgan fingerprint density at radius 1 is 1.07 bits per heavy atom. The lowest BCUT2D eigenvalue weighted by atomic mass is 9.90. The van der Waals surface area contributed by atoms with Crippen molar-refractivity contribution in [3.63, 3.8) is 0 Å². The van der Waals surface area contributed by atoms with Crippen LogP contribution in [0.15, 0.2) is 42.5 Å². The summed E-state index contributed by atoms with van der Waals surface area (Å²) in [6.45, 7) is 0. The third-order valence-corrected chi connectivity index (χ3v) is 5.64. The zero-order valence-electron chi connectivity index (χ0n) is 14.5. The predicted molar refractivity (Wildman–Crippen MR) is 99.6 cm³/mol. The maximum absolute atomic E-state index is 12.8. The standard InChI is InChI=1S/C21H17N3O3/c22-19(25)11-5-7-17-15(9-11)16-10-12(6-8-18(16)23-17)24-20(26)13-3-1-2-4-14(13)21(24)27/h1-5,7,9,12,23H,6,8,10H2,(H2,22,25).